The molecule has 1 aliphatic heterocycles. The highest BCUT2D eigenvalue weighted by Gasteiger charge is 2.13. The Morgan fingerprint density at radius 3 is 3.06 bits per heavy atom. The molecule has 2 heterocycles. The fourth-order valence-electron chi connectivity index (χ4n) is 2.15. The Morgan fingerprint density at radius 1 is 1.47 bits per heavy atom. The van der Waals surface area contributed by atoms with Crippen LogP contribution in [0.4, 0.5) is 5.82 Å². The van der Waals surface area contributed by atoms with Gasteiger partial charge in [-0.15, -0.1) is 0 Å². The first-order chi connectivity index (χ1) is 8.25. The molecule has 1 unspecified atom stereocenters. The van der Waals surface area contributed by atoms with Gasteiger partial charge in [-0.1, -0.05) is 13.8 Å². The van der Waals surface area contributed by atoms with Crippen molar-refractivity contribution in [2.24, 2.45) is 5.92 Å². The van der Waals surface area contributed by atoms with Crippen LogP contribution in [0.15, 0.2) is 12.4 Å². The van der Waals surface area contributed by atoms with Crippen molar-refractivity contribution in [2.75, 3.05) is 25.0 Å². The number of hydrogen-bond donors (Lipinski definition) is 2. The predicted octanol–water partition coefficient (Wildman–Crippen LogP) is 2.01. The van der Waals surface area contributed by atoms with Crippen molar-refractivity contribution >= 4 is 5.82 Å². The summed E-state index contributed by atoms with van der Waals surface area (Å²) in [5.41, 5.74) is 1.10. The van der Waals surface area contributed by atoms with Crippen molar-refractivity contribution in [3.8, 4) is 0 Å². The Morgan fingerprint density at radius 2 is 2.35 bits per heavy atom. The topological polar surface area (TPSA) is 49.8 Å². The Bertz CT molecular complexity index is 345. The zero-order valence-electron chi connectivity index (χ0n) is 10.7. The van der Waals surface area contributed by atoms with E-state index in [4.69, 9.17) is 0 Å². The van der Waals surface area contributed by atoms with E-state index in [0.29, 0.717) is 5.92 Å². The smallest absolute Gasteiger partial charge is 0.129 e. The van der Waals surface area contributed by atoms with Gasteiger partial charge in [-0.25, -0.2) is 9.97 Å². The fraction of sp³-hybridized carbons (Fsp3) is 0.692. The molecule has 17 heavy (non-hydrogen) atoms. The molecule has 1 aromatic heterocycles. The summed E-state index contributed by atoms with van der Waals surface area (Å²) < 4.78 is 0. The average molecular weight is 234 g/mol. The van der Waals surface area contributed by atoms with Crippen molar-refractivity contribution < 1.29 is 0 Å². The summed E-state index contributed by atoms with van der Waals surface area (Å²) in [4.78, 5) is 8.51. The minimum Gasteiger partial charge on any atom is -0.370 e. The van der Waals surface area contributed by atoms with Gasteiger partial charge in [-0.2, -0.15) is 0 Å². The summed E-state index contributed by atoms with van der Waals surface area (Å²) in [6, 6.07) is 2.05. The first-order valence-corrected chi connectivity index (χ1v) is 6.52. The van der Waals surface area contributed by atoms with Crippen LogP contribution in [0.2, 0.25) is 0 Å². The molecular weight excluding hydrogens is 212 g/mol. The van der Waals surface area contributed by atoms with Crippen molar-refractivity contribution in [3.63, 3.8) is 0 Å². The maximum absolute atomic E-state index is 4.26. The largest absolute Gasteiger partial charge is 0.370 e. The summed E-state index contributed by atoms with van der Waals surface area (Å²) in [7, 11) is 0. The molecule has 94 valence electrons. The number of nitrogens with zero attached hydrogens (tertiary/aromatic N) is 2. The molecule has 0 aromatic carbocycles. The molecule has 4 nitrogen and oxygen atoms in total. The van der Waals surface area contributed by atoms with Crippen molar-refractivity contribution in [2.45, 2.75) is 32.6 Å². The first kappa shape index (κ1) is 12.3. The van der Waals surface area contributed by atoms with Gasteiger partial charge >= 0.3 is 0 Å². The molecule has 2 N–H and O–H groups in total. The lowest BCUT2D eigenvalue weighted by molar-refractivity contribution is 0.549. The Balaban J connectivity index is 1.79. The van der Waals surface area contributed by atoms with Crippen LogP contribution in [0.1, 0.15) is 38.3 Å². The van der Waals surface area contributed by atoms with Gasteiger partial charge in [0, 0.05) is 18.3 Å². The summed E-state index contributed by atoms with van der Waals surface area (Å²) in [6.07, 6.45) is 4.17. The van der Waals surface area contributed by atoms with E-state index in [1.54, 1.807) is 6.33 Å². The SMILES string of the molecule is CC(C)c1cc(NCCC2CCNC2)ncn1. The van der Waals surface area contributed by atoms with Crippen LogP contribution in [-0.4, -0.2) is 29.6 Å². The number of hydrogen-bond acceptors (Lipinski definition) is 4. The van der Waals surface area contributed by atoms with E-state index >= 15 is 0 Å². The van der Waals surface area contributed by atoms with Crippen LogP contribution in [0.5, 0.6) is 0 Å². The van der Waals surface area contributed by atoms with E-state index in [2.05, 4.69) is 40.5 Å². The van der Waals surface area contributed by atoms with Gasteiger partial charge in [0.2, 0.25) is 0 Å². The van der Waals surface area contributed by atoms with Crippen LogP contribution in [0, 0.1) is 5.92 Å². The zero-order valence-corrected chi connectivity index (χ0v) is 10.7. The van der Waals surface area contributed by atoms with E-state index in [9.17, 15) is 0 Å². The lowest BCUT2D eigenvalue weighted by Crippen LogP contribution is -2.13. The predicted molar refractivity (Wildman–Crippen MR) is 70.2 cm³/mol. The number of nitrogens with one attached hydrogen (secondary N) is 2. The molecule has 1 fully saturated rings. The highest BCUT2D eigenvalue weighted by Crippen LogP contribution is 2.15. The average Bonchev–Trinajstić information content (AvgIpc) is 2.82. The maximum atomic E-state index is 4.26. The van der Waals surface area contributed by atoms with E-state index in [-0.39, 0.29) is 0 Å². The highest BCUT2D eigenvalue weighted by atomic mass is 15.0. The second kappa shape index (κ2) is 5.96. The number of aromatic nitrogens is 2. The monoisotopic (exact) mass is 234 g/mol. The summed E-state index contributed by atoms with van der Waals surface area (Å²) in [5, 5.41) is 6.78. The van der Waals surface area contributed by atoms with Crippen molar-refractivity contribution in [1.82, 2.24) is 15.3 Å². The standard InChI is InChI=1S/C13H22N4/c1-10(2)12-7-13(17-9-16-12)15-6-4-11-3-5-14-8-11/h7,9-11,14H,3-6,8H2,1-2H3,(H,15,16,17). The third kappa shape index (κ3) is 3.66. The molecule has 0 bridgehead atoms. The van der Waals surface area contributed by atoms with Crippen LogP contribution >= 0.6 is 0 Å². The van der Waals surface area contributed by atoms with Gasteiger partial charge in [0.25, 0.3) is 0 Å². The van der Waals surface area contributed by atoms with E-state index in [1.807, 2.05) is 0 Å². The molecule has 1 aliphatic rings. The second-order valence-electron chi connectivity index (χ2n) is 5.06. The van der Waals surface area contributed by atoms with Gasteiger partial charge in [-0.3, -0.25) is 0 Å². The van der Waals surface area contributed by atoms with E-state index < -0.39 is 0 Å². The zero-order chi connectivity index (χ0) is 12.1. The molecule has 2 rings (SSSR count). The van der Waals surface area contributed by atoms with Crippen LogP contribution in [0.3, 0.4) is 0 Å². The van der Waals surface area contributed by atoms with Gasteiger partial charge in [-0.05, 0) is 37.8 Å². The summed E-state index contributed by atoms with van der Waals surface area (Å²) >= 11 is 0. The number of rotatable bonds is 5. The quantitative estimate of drug-likeness (QED) is 0.818. The Labute approximate surface area is 103 Å². The maximum Gasteiger partial charge on any atom is 0.129 e. The summed E-state index contributed by atoms with van der Waals surface area (Å²) in [6.45, 7) is 7.64. The molecule has 0 aliphatic carbocycles. The Hall–Kier alpha value is -1.16. The lowest BCUT2D eigenvalue weighted by atomic mass is 10.1. The molecule has 4 heteroatoms. The van der Waals surface area contributed by atoms with Gasteiger partial charge in [0.1, 0.15) is 12.1 Å². The molecule has 1 aromatic rings. The molecule has 0 amide bonds. The van der Waals surface area contributed by atoms with E-state index in [0.717, 1.165) is 24.0 Å². The van der Waals surface area contributed by atoms with Crippen molar-refractivity contribution in [1.29, 1.82) is 0 Å². The number of anilines is 1. The minimum atomic E-state index is 0.456. The van der Waals surface area contributed by atoms with Crippen LogP contribution < -0.4 is 10.6 Å². The summed E-state index contributed by atoms with van der Waals surface area (Å²) in [5.74, 6) is 2.24. The molecule has 1 saturated heterocycles. The third-order valence-electron chi connectivity index (χ3n) is 3.30. The lowest BCUT2D eigenvalue weighted by Gasteiger charge is -2.11. The second-order valence-corrected chi connectivity index (χ2v) is 5.06. The molecular formula is C13H22N4. The van der Waals surface area contributed by atoms with Gasteiger partial charge in [0.05, 0.1) is 0 Å². The van der Waals surface area contributed by atoms with Gasteiger partial charge < -0.3 is 10.6 Å². The molecule has 0 saturated carbocycles. The van der Waals surface area contributed by atoms with Crippen LogP contribution in [-0.2, 0) is 0 Å². The third-order valence-corrected chi connectivity index (χ3v) is 3.30. The van der Waals surface area contributed by atoms with Crippen LogP contribution in [0.25, 0.3) is 0 Å². The fourth-order valence-corrected chi connectivity index (χ4v) is 2.15. The molecule has 1 atom stereocenters. The molecule has 0 spiro atoms. The highest BCUT2D eigenvalue weighted by molar-refractivity contribution is 5.35. The normalized spacial score (nSPS) is 19.8. The minimum absolute atomic E-state index is 0.456. The first-order valence-electron chi connectivity index (χ1n) is 6.52. The Kier molecular flexibility index (Phi) is 4.31. The van der Waals surface area contributed by atoms with Crippen molar-refractivity contribution in [3.05, 3.63) is 18.1 Å². The van der Waals surface area contributed by atoms with Gasteiger partial charge in [0.15, 0.2) is 0 Å². The molecule has 0 radical (unpaired) electrons. The van der Waals surface area contributed by atoms with E-state index in [1.165, 1.54) is 25.9 Å².